The van der Waals surface area contributed by atoms with E-state index in [2.05, 4.69) is 10.6 Å². The van der Waals surface area contributed by atoms with Crippen LogP contribution >= 0.6 is 11.8 Å². The third-order valence-electron chi connectivity index (χ3n) is 7.76. The number of likely N-dealkylation sites (tertiary alicyclic amines) is 1. The zero-order valence-corrected chi connectivity index (χ0v) is 20.5. The highest BCUT2D eigenvalue weighted by molar-refractivity contribution is 8.02. The Balaban J connectivity index is 1.50. The highest BCUT2D eigenvalue weighted by Gasteiger charge is 2.74. The normalized spacial score (nSPS) is 29.7. The largest absolute Gasteiger partial charge is 0.394 e. The number of thioether (sulfide) groups is 1. The summed E-state index contributed by atoms with van der Waals surface area (Å²) in [4.78, 5) is 42.3. The average Bonchev–Trinajstić information content (AvgIpc) is 3.54. The Bertz CT molecular complexity index is 1100. The summed E-state index contributed by atoms with van der Waals surface area (Å²) in [5.41, 5.74) is 1.96. The summed E-state index contributed by atoms with van der Waals surface area (Å²) < 4.78 is -0.663. The van der Waals surface area contributed by atoms with E-state index < -0.39 is 28.7 Å². The molecule has 3 heterocycles. The van der Waals surface area contributed by atoms with Crippen LogP contribution in [0.4, 0.5) is 0 Å². The van der Waals surface area contributed by atoms with Crippen LogP contribution in [0.2, 0.25) is 0 Å². The molecular formula is C27H31N3O4S. The Kier molecular flexibility index (Phi) is 6.59. The summed E-state index contributed by atoms with van der Waals surface area (Å²) >= 11 is 1.64. The monoisotopic (exact) mass is 493 g/mol. The van der Waals surface area contributed by atoms with Gasteiger partial charge in [-0.3, -0.25) is 14.4 Å². The molecule has 2 bridgehead atoms. The van der Waals surface area contributed by atoms with Crippen LogP contribution in [0.25, 0.3) is 0 Å². The van der Waals surface area contributed by atoms with Crippen molar-refractivity contribution in [2.45, 2.75) is 47.9 Å². The molecule has 2 aromatic carbocycles. The topological polar surface area (TPSA) is 98.7 Å². The Morgan fingerprint density at radius 3 is 2.37 bits per heavy atom. The molecular weight excluding hydrogens is 462 g/mol. The minimum absolute atomic E-state index is 0.0252. The molecule has 3 aliphatic heterocycles. The van der Waals surface area contributed by atoms with Crippen molar-refractivity contribution in [2.75, 3.05) is 13.7 Å². The minimum atomic E-state index is -0.741. The lowest BCUT2D eigenvalue weighted by Gasteiger charge is -2.37. The lowest BCUT2D eigenvalue weighted by molar-refractivity contribution is -0.142. The van der Waals surface area contributed by atoms with E-state index in [4.69, 9.17) is 0 Å². The molecule has 6 atom stereocenters. The van der Waals surface area contributed by atoms with Crippen molar-refractivity contribution >= 4 is 29.5 Å². The molecule has 3 saturated heterocycles. The summed E-state index contributed by atoms with van der Waals surface area (Å²) in [7, 11) is 1.60. The molecule has 3 amide bonds. The van der Waals surface area contributed by atoms with Gasteiger partial charge in [-0.05, 0) is 30.4 Å². The summed E-state index contributed by atoms with van der Waals surface area (Å²) in [5, 5.41) is 16.2. The number of carbonyl (C=O) groups is 3. The molecule has 35 heavy (non-hydrogen) atoms. The van der Waals surface area contributed by atoms with Gasteiger partial charge in [0.05, 0.1) is 29.2 Å². The number of rotatable bonds is 8. The molecule has 3 N–H and O–H groups in total. The highest BCUT2D eigenvalue weighted by atomic mass is 32.2. The molecule has 0 aromatic heterocycles. The Morgan fingerprint density at radius 1 is 1.09 bits per heavy atom. The fraction of sp³-hybridized carbons (Fsp3) is 0.444. The van der Waals surface area contributed by atoms with Gasteiger partial charge in [-0.15, -0.1) is 11.8 Å². The number of carbonyl (C=O) groups excluding carboxylic acids is 3. The Hall–Kier alpha value is -2.84. The summed E-state index contributed by atoms with van der Waals surface area (Å²) in [6, 6.07) is 18.1. The van der Waals surface area contributed by atoms with Gasteiger partial charge in [-0.2, -0.15) is 0 Å². The molecule has 0 aliphatic carbocycles. The number of nitrogens with one attached hydrogen (secondary N) is 2. The van der Waals surface area contributed by atoms with Crippen molar-refractivity contribution in [1.82, 2.24) is 15.5 Å². The van der Waals surface area contributed by atoms with E-state index in [9.17, 15) is 19.5 Å². The standard InChI is InChI=1S/C27H31N3O4S/c1-28-24(32)21-20-12-13-27(35-20)22(21)26(34)30(19(16-31)14-17-8-4-2-5-9-17)23(27)25(33)29-15-18-10-6-3-7-11-18/h2-11,19-23,31H,12-16H2,1H3,(H,28,32)(H,29,33)/t19-,20-,21+,22+,23?,27?/m1/s1. The fourth-order valence-corrected chi connectivity index (χ4v) is 8.48. The molecule has 2 aromatic rings. The summed E-state index contributed by atoms with van der Waals surface area (Å²) in [6.07, 6.45) is 1.94. The minimum Gasteiger partial charge on any atom is -0.394 e. The van der Waals surface area contributed by atoms with Gasteiger partial charge in [0, 0.05) is 18.8 Å². The average molecular weight is 494 g/mol. The van der Waals surface area contributed by atoms with Crippen molar-refractivity contribution in [2.24, 2.45) is 11.8 Å². The number of aliphatic hydroxyl groups is 1. The number of benzene rings is 2. The van der Waals surface area contributed by atoms with Gasteiger partial charge in [-0.25, -0.2) is 0 Å². The molecule has 0 saturated carbocycles. The molecule has 0 radical (unpaired) electrons. The first kappa shape index (κ1) is 23.9. The predicted octanol–water partition coefficient (Wildman–Crippen LogP) is 1.74. The summed E-state index contributed by atoms with van der Waals surface area (Å²) in [5.74, 6) is -1.58. The molecule has 8 heteroatoms. The number of amides is 3. The van der Waals surface area contributed by atoms with Gasteiger partial charge in [0.25, 0.3) is 0 Å². The van der Waals surface area contributed by atoms with E-state index in [-0.39, 0.29) is 29.6 Å². The van der Waals surface area contributed by atoms with Crippen molar-refractivity contribution in [3.8, 4) is 0 Å². The van der Waals surface area contributed by atoms with Crippen LogP contribution in [0, 0.1) is 11.8 Å². The van der Waals surface area contributed by atoms with Crippen LogP contribution in [0.3, 0.4) is 0 Å². The van der Waals surface area contributed by atoms with Crippen LogP contribution in [0.5, 0.6) is 0 Å². The third-order valence-corrected chi connectivity index (χ3v) is 9.72. The van der Waals surface area contributed by atoms with Gasteiger partial charge in [0.2, 0.25) is 17.7 Å². The second-order valence-corrected chi connectivity index (χ2v) is 11.2. The van der Waals surface area contributed by atoms with Gasteiger partial charge in [-0.1, -0.05) is 60.7 Å². The SMILES string of the molecule is CNC(=O)[C@@H]1[C@H]2C(=O)N([C@@H](CO)Cc3ccccc3)C(C(=O)NCc3ccccc3)C23CC[C@H]1S3. The van der Waals surface area contributed by atoms with Crippen LogP contribution < -0.4 is 10.6 Å². The second kappa shape index (κ2) is 9.66. The van der Waals surface area contributed by atoms with Crippen LogP contribution in [0.1, 0.15) is 24.0 Å². The van der Waals surface area contributed by atoms with Crippen molar-refractivity contribution < 1.29 is 19.5 Å². The van der Waals surface area contributed by atoms with Crippen molar-refractivity contribution in [3.05, 3.63) is 71.8 Å². The van der Waals surface area contributed by atoms with Crippen LogP contribution in [0.15, 0.2) is 60.7 Å². The molecule has 5 rings (SSSR count). The third kappa shape index (κ3) is 4.02. The molecule has 184 valence electrons. The quantitative estimate of drug-likeness (QED) is 0.521. The Labute approximate surface area is 209 Å². The molecule has 7 nitrogen and oxygen atoms in total. The Morgan fingerprint density at radius 2 is 1.74 bits per heavy atom. The lowest BCUT2D eigenvalue weighted by atomic mass is 9.71. The maximum Gasteiger partial charge on any atom is 0.244 e. The predicted molar refractivity (Wildman–Crippen MR) is 134 cm³/mol. The first-order chi connectivity index (χ1) is 17.0. The zero-order chi connectivity index (χ0) is 24.6. The first-order valence-corrected chi connectivity index (χ1v) is 13.1. The lowest BCUT2D eigenvalue weighted by Crippen LogP contribution is -2.56. The first-order valence-electron chi connectivity index (χ1n) is 12.2. The van der Waals surface area contributed by atoms with E-state index in [1.165, 1.54) is 0 Å². The number of nitrogens with zero attached hydrogens (tertiary/aromatic N) is 1. The van der Waals surface area contributed by atoms with E-state index in [1.807, 2.05) is 60.7 Å². The molecule has 3 fully saturated rings. The number of fused-ring (bicyclic) bond motifs is 1. The smallest absolute Gasteiger partial charge is 0.244 e. The number of hydrogen-bond acceptors (Lipinski definition) is 5. The van der Waals surface area contributed by atoms with E-state index >= 15 is 0 Å². The number of hydrogen-bond donors (Lipinski definition) is 3. The number of aliphatic hydroxyl groups excluding tert-OH is 1. The van der Waals surface area contributed by atoms with Gasteiger partial charge < -0.3 is 20.6 Å². The van der Waals surface area contributed by atoms with E-state index in [1.54, 1.807) is 23.7 Å². The maximum absolute atomic E-state index is 14.0. The molecule has 3 aliphatic rings. The fourth-order valence-electron chi connectivity index (χ4n) is 6.27. The molecule has 2 unspecified atom stereocenters. The maximum atomic E-state index is 14.0. The highest BCUT2D eigenvalue weighted by Crippen LogP contribution is 2.66. The van der Waals surface area contributed by atoms with Gasteiger partial charge >= 0.3 is 0 Å². The van der Waals surface area contributed by atoms with Gasteiger partial charge in [0.1, 0.15) is 6.04 Å². The zero-order valence-electron chi connectivity index (χ0n) is 19.7. The van der Waals surface area contributed by atoms with Crippen LogP contribution in [-0.4, -0.2) is 63.5 Å². The molecule has 1 spiro atoms. The van der Waals surface area contributed by atoms with Crippen LogP contribution in [-0.2, 0) is 27.3 Å². The van der Waals surface area contributed by atoms with Gasteiger partial charge in [0.15, 0.2) is 0 Å². The van der Waals surface area contributed by atoms with E-state index in [0.29, 0.717) is 19.4 Å². The summed E-state index contributed by atoms with van der Waals surface area (Å²) in [6.45, 7) is 0.0963. The van der Waals surface area contributed by atoms with E-state index in [0.717, 1.165) is 17.5 Å². The van der Waals surface area contributed by atoms with Crippen molar-refractivity contribution in [3.63, 3.8) is 0 Å². The second-order valence-electron chi connectivity index (χ2n) is 9.65. The van der Waals surface area contributed by atoms with Crippen molar-refractivity contribution in [1.29, 1.82) is 0 Å².